The van der Waals surface area contributed by atoms with Gasteiger partial charge in [0.05, 0.1) is 12.0 Å². The van der Waals surface area contributed by atoms with Gasteiger partial charge in [-0.1, -0.05) is 40.0 Å². The molecule has 3 aliphatic rings. The maximum atomic E-state index is 12.4. The van der Waals surface area contributed by atoms with Crippen LogP contribution in [0.15, 0.2) is 0 Å². The van der Waals surface area contributed by atoms with Crippen LogP contribution in [0, 0.1) is 5.41 Å². The molecule has 3 fully saturated rings. The molecule has 3 rings (SSSR count). The van der Waals surface area contributed by atoms with Gasteiger partial charge in [-0.3, -0.25) is 4.79 Å². The summed E-state index contributed by atoms with van der Waals surface area (Å²) in [6.07, 6.45) is 6.16. The van der Waals surface area contributed by atoms with Crippen LogP contribution in [0.2, 0.25) is 0 Å². The van der Waals surface area contributed by atoms with Gasteiger partial charge < -0.3 is 14.6 Å². The van der Waals surface area contributed by atoms with Crippen LogP contribution in [-0.2, 0) is 14.3 Å². The highest BCUT2D eigenvalue weighted by molar-refractivity contribution is 5.70. The lowest BCUT2D eigenvalue weighted by Crippen LogP contribution is -2.75. The number of hydrogen-bond donors (Lipinski definition) is 1. The molecule has 0 aromatic carbocycles. The van der Waals surface area contributed by atoms with Gasteiger partial charge in [0.25, 0.3) is 0 Å². The smallest absolute Gasteiger partial charge is 0.306 e. The van der Waals surface area contributed by atoms with E-state index in [9.17, 15) is 9.90 Å². The van der Waals surface area contributed by atoms with Crippen molar-refractivity contribution in [1.82, 2.24) is 0 Å². The molecule has 1 N–H and O–H groups in total. The highest BCUT2D eigenvalue weighted by Crippen LogP contribution is 2.59. The van der Waals surface area contributed by atoms with E-state index in [1.165, 1.54) is 0 Å². The topological polar surface area (TPSA) is 55.8 Å². The third kappa shape index (κ3) is 3.65. The van der Waals surface area contributed by atoms with Gasteiger partial charge in [0.2, 0.25) is 0 Å². The predicted molar refractivity (Wildman–Crippen MR) is 94.8 cm³/mol. The molecule has 0 aromatic rings. The Morgan fingerprint density at radius 1 is 1.00 bits per heavy atom. The zero-order valence-electron chi connectivity index (χ0n) is 16.6. The first kappa shape index (κ1) is 19.7. The summed E-state index contributed by atoms with van der Waals surface area (Å²) < 4.78 is 12.4. The molecule has 2 heterocycles. The van der Waals surface area contributed by atoms with Crippen molar-refractivity contribution in [3.63, 3.8) is 0 Å². The Balaban J connectivity index is 2.17. The van der Waals surface area contributed by atoms with Crippen molar-refractivity contribution in [3.8, 4) is 0 Å². The fraction of sp³-hybridized carbons (Fsp3) is 0.950. The normalized spacial score (nSPS) is 31.7. The van der Waals surface area contributed by atoms with E-state index in [2.05, 4.69) is 0 Å². The minimum absolute atomic E-state index is 0.0942. The second kappa shape index (κ2) is 5.98. The number of hydrogen-bond acceptors (Lipinski definition) is 4. The Hall–Kier alpha value is -0.610. The van der Waals surface area contributed by atoms with Crippen LogP contribution in [0.3, 0.4) is 0 Å². The Bertz CT molecular complexity index is 473. The van der Waals surface area contributed by atoms with Crippen LogP contribution in [0.1, 0.15) is 93.4 Å². The number of esters is 1. The van der Waals surface area contributed by atoms with Crippen LogP contribution in [-0.4, -0.2) is 33.5 Å². The van der Waals surface area contributed by atoms with E-state index in [0.717, 1.165) is 38.5 Å². The third-order valence-corrected chi connectivity index (χ3v) is 5.88. The van der Waals surface area contributed by atoms with Crippen molar-refractivity contribution in [2.45, 2.75) is 116 Å². The van der Waals surface area contributed by atoms with Crippen LogP contribution in [0.4, 0.5) is 0 Å². The molecule has 0 radical (unpaired) electrons. The Morgan fingerprint density at radius 2 is 1.50 bits per heavy atom. The van der Waals surface area contributed by atoms with E-state index in [4.69, 9.17) is 9.47 Å². The van der Waals surface area contributed by atoms with Crippen molar-refractivity contribution in [3.05, 3.63) is 0 Å². The maximum absolute atomic E-state index is 12.4. The largest absolute Gasteiger partial charge is 0.457 e. The van der Waals surface area contributed by atoms with Gasteiger partial charge in [0.1, 0.15) is 16.8 Å². The molecule has 1 saturated carbocycles. The SMILES string of the molecule is CC(C)(C)CC(=O)OC(C)(C)C12CCCCCC(C(C)(C)O)(C1)O2. The molecule has 0 aromatic heterocycles. The zero-order chi connectivity index (χ0) is 18.4. The van der Waals surface area contributed by atoms with Crippen LogP contribution >= 0.6 is 0 Å². The van der Waals surface area contributed by atoms with E-state index in [1.807, 2.05) is 48.5 Å². The van der Waals surface area contributed by atoms with E-state index < -0.39 is 22.4 Å². The molecule has 140 valence electrons. The predicted octanol–water partition coefficient (Wildman–Crippen LogP) is 4.38. The van der Waals surface area contributed by atoms with E-state index >= 15 is 0 Å². The Morgan fingerprint density at radius 3 is 1.96 bits per heavy atom. The molecule has 2 atom stereocenters. The summed E-state index contributed by atoms with van der Waals surface area (Å²) in [6.45, 7) is 13.7. The number of carbonyl (C=O) groups is 1. The summed E-state index contributed by atoms with van der Waals surface area (Å²) in [5, 5.41) is 10.6. The van der Waals surface area contributed by atoms with Crippen LogP contribution in [0.5, 0.6) is 0 Å². The first-order valence-corrected chi connectivity index (χ1v) is 9.37. The highest BCUT2D eigenvalue weighted by Gasteiger charge is 2.68. The quantitative estimate of drug-likeness (QED) is 0.772. The number of rotatable bonds is 4. The average molecular weight is 341 g/mol. The van der Waals surface area contributed by atoms with Crippen molar-refractivity contribution in [1.29, 1.82) is 0 Å². The summed E-state index contributed by atoms with van der Waals surface area (Å²) >= 11 is 0. The van der Waals surface area contributed by atoms with Crippen LogP contribution < -0.4 is 0 Å². The molecule has 24 heavy (non-hydrogen) atoms. The number of fused-ring (bicyclic) bond motifs is 4. The molecule has 2 unspecified atom stereocenters. The molecule has 2 bridgehead atoms. The zero-order valence-corrected chi connectivity index (χ0v) is 16.6. The molecule has 2 saturated heterocycles. The summed E-state index contributed by atoms with van der Waals surface area (Å²) in [4.78, 5) is 12.4. The molecule has 4 nitrogen and oxygen atoms in total. The average Bonchev–Trinajstić information content (AvgIpc) is 2.18. The lowest BCUT2D eigenvalue weighted by molar-refractivity contribution is -0.376. The fourth-order valence-corrected chi connectivity index (χ4v) is 4.23. The minimum Gasteiger partial charge on any atom is -0.457 e. The summed E-state index contributed by atoms with van der Waals surface area (Å²) in [5.74, 6) is -0.173. The van der Waals surface area contributed by atoms with Crippen LogP contribution in [0.25, 0.3) is 0 Å². The van der Waals surface area contributed by atoms with Gasteiger partial charge in [-0.2, -0.15) is 0 Å². The van der Waals surface area contributed by atoms with Gasteiger partial charge in [0, 0.05) is 6.42 Å². The Labute approximate surface area is 147 Å². The molecular weight excluding hydrogens is 304 g/mol. The molecule has 2 aliphatic heterocycles. The highest BCUT2D eigenvalue weighted by atomic mass is 16.6. The number of aliphatic hydroxyl groups is 1. The van der Waals surface area contributed by atoms with E-state index in [-0.39, 0.29) is 11.4 Å². The third-order valence-electron chi connectivity index (χ3n) is 5.88. The molecule has 4 heteroatoms. The van der Waals surface area contributed by atoms with Crippen molar-refractivity contribution in [2.75, 3.05) is 0 Å². The van der Waals surface area contributed by atoms with Crippen molar-refractivity contribution in [2.24, 2.45) is 5.41 Å². The lowest BCUT2D eigenvalue weighted by Gasteiger charge is -2.66. The van der Waals surface area contributed by atoms with Crippen molar-refractivity contribution >= 4 is 5.97 Å². The number of carbonyl (C=O) groups excluding carboxylic acids is 1. The van der Waals surface area contributed by atoms with E-state index in [1.54, 1.807) is 0 Å². The first-order chi connectivity index (χ1) is 10.7. The standard InChI is InChI=1S/C20H36O4/c1-16(2,3)13-15(21)23-18(6,7)20-12-10-8-9-11-19(14-20,24-20)17(4,5)22/h22H,8-14H2,1-7H3. The monoisotopic (exact) mass is 340 g/mol. The molecular formula is C20H36O4. The maximum Gasteiger partial charge on any atom is 0.306 e. The molecule has 0 spiro atoms. The minimum atomic E-state index is -0.890. The van der Waals surface area contributed by atoms with Gasteiger partial charge in [-0.25, -0.2) is 0 Å². The second-order valence-corrected chi connectivity index (χ2v) is 10.1. The van der Waals surface area contributed by atoms with Gasteiger partial charge in [0.15, 0.2) is 0 Å². The first-order valence-electron chi connectivity index (χ1n) is 9.37. The number of ether oxygens (including phenoxy) is 2. The molecule has 1 aliphatic carbocycles. The van der Waals surface area contributed by atoms with Gasteiger partial charge in [-0.15, -0.1) is 0 Å². The summed E-state index contributed by atoms with van der Waals surface area (Å²) in [6, 6.07) is 0. The molecule has 0 amide bonds. The summed E-state index contributed by atoms with van der Waals surface area (Å²) in [7, 11) is 0. The van der Waals surface area contributed by atoms with Gasteiger partial charge >= 0.3 is 5.97 Å². The fourth-order valence-electron chi connectivity index (χ4n) is 4.23. The van der Waals surface area contributed by atoms with E-state index in [0.29, 0.717) is 6.42 Å². The van der Waals surface area contributed by atoms with Crippen molar-refractivity contribution < 1.29 is 19.4 Å². The Kier molecular flexibility index (Phi) is 4.91. The van der Waals surface area contributed by atoms with Gasteiger partial charge in [-0.05, 0) is 46.0 Å². The second-order valence-electron chi connectivity index (χ2n) is 10.1. The summed E-state index contributed by atoms with van der Waals surface area (Å²) in [5.41, 5.74) is -2.67. The lowest BCUT2D eigenvalue weighted by atomic mass is 9.60.